The Morgan fingerprint density at radius 1 is 1.00 bits per heavy atom. The van der Waals surface area contributed by atoms with Crippen molar-refractivity contribution in [1.29, 1.82) is 0 Å². The number of carbonyl (C=O) groups is 1. The number of β-lactam (4-membered cyclic amide) rings is 1. The molecule has 0 unspecified atom stereocenters. The SMILES string of the molecule is N[C@@H]1C(=O)N(c2ccc(Cl)cc2)[C@H]1c1cccc(Cl)c1. The van der Waals surface area contributed by atoms with Crippen LogP contribution in [0.15, 0.2) is 48.5 Å². The predicted octanol–water partition coefficient (Wildman–Crippen LogP) is 3.41. The van der Waals surface area contributed by atoms with E-state index in [1.807, 2.05) is 30.3 Å². The van der Waals surface area contributed by atoms with E-state index in [-0.39, 0.29) is 11.9 Å². The first-order chi connectivity index (χ1) is 9.58. The fourth-order valence-electron chi connectivity index (χ4n) is 2.45. The molecule has 0 saturated carbocycles. The number of rotatable bonds is 2. The highest BCUT2D eigenvalue weighted by Gasteiger charge is 2.46. The van der Waals surface area contributed by atoms with Crippen LogP contribution in [0.5, 0.6) is 0 Å². The summed E-state index contributed by atoms with van der Waals surface area (Å²) in [6.45, 7) is 0. The van der Waals surface area contributed by atoms with E-state index in [0.29, 0.717) is 10.0 Å². The normalized spacial score (nSPS) is 21.8. The van der Waals surface area contributed by atoms with E-state index in [4.69, 9.17) is 28.9 Å². The molecule has 1 aliphatic rings. The fraction of sp³-hybridized carbons (Fsp3) is 0.133. The maximum atomic E-state index is 12.1. The van der Waals surface area contributed by atoms with Crippen LogP contribution in [0, 0.1) is 0 Å². The van der Waals surface area contributed by atoms with Crippen LogP contribution in [-0.4, -0.2) is 11.9 Å². The molecule has 102 valence electrons. The summed E-state index contributed by atoms with van der Waals surface area (Å²) in [5, 5.41) is 1.26. The van der Waals surface area contributed by atoms with Crippen LogP contribution in [0.2, 0.25) is 10.0 Å². The molecule has 2 aromatic rings. The number of anilines is 1. The quantitative estimate of drug-likeness (QED) is 0.864. The van der Waals surface area contributed by atoms with Crippen LogP contribution in [0.1, 0.15) is 11.6 Å². The average molecular weight is 307 g/mol. The van der Waals surface area contributed by atoms with Gasteiger partial charge in [-0.2, -0.15) is 0 Å². The van der Waals surface area contributed by atoms with E-state index in [0.717, 1.165) is 11.3 Å². The van der Waals surface area contributed by atoms with Crippen molar-refractivity contribution in [3.05, 3.63) is 64.1 Å². The third-order valence-corrected chi connectivity index (χ3v) is 3.92. The minimum Gasteiger partial charge on any atom is -0.318 e. The van der Waals surface area contributed by atoms with Crippen LogP contribution < -0.4 is 10.6 Å². The maximum Gasteiger partial charge on any atom is 0.247 e. The molecule has 2 aromatic carbocycles. The second-order valence-corrected chi connectivity index (χ2v) is 5.58. The van der Waals surface area contributed by atoms with Crippen LogP contribution in [0.4, 0.5) is 5.69 Å². The number of nitrogens with zero attached hydrogens (tertiary/aromatic N) is 1. The monoisotopic (exact) mass is 306 g/mol. The Morgan fingerprint density at radius 3 is 2.35 bits per heavy atom. The van der Waals surface area contributed by atoms with Gasteiger partial charge in [-0.15, -0.1) is 0 Å². The first kappa shape index (κ1) is 13.4. The van der Waals surface area contributed by atoms with Crippen LogP contribution >= 0.6 is 23.2 Å². The molecule has 0 spiro atoms. The molecule has 1 aliphatic heterocycles. The van der Waals surface area contributed by atoms with Gasteiger partial charge in [0.15, 0.2) is 0 Å². The molecular weight excluding hydrogens is 295 g/mol. The summed E-state index contributed by atoms with van der Waals surface area (Å²) in [4.78, 5) is 13.7. The molecule has 2 N–H and O–H groups in total. The second-order valence-electron chi connectivity index (χ2n) is 4.71. The highest BCUT2D eigenvalue weighted by molar-refractivity contribution is 6.31. The summed E-state index contributed by atoms with van der Waals surface area (Å²) in [6.07, 6.45) is 0. The molecule has 3 rings (SSSR count). The number of hydrogen-bond acceptors (Lipinski definition) is 2. The molecule has 0 bridgehead atoms. The lowest BCUT2D eigenvalue weighted by molar-refractivity contribution is -0.126. The zero-order valence-electron chi connectivity index (χ0n) is 10.5. The van der Waals surface area contributed by atoms with Gasteiger partial charge < -0.3 is 10.6 Å². The molecule has 20 heavy (non-hydrogen) atoms. The Labute approximate surface area is 126 Å². The number of benzene rings is 2. The predicted molar refractivity (Wildman–Crippen MR) is 81.1 cm³/mol. The average Bonchev–Trinajstić information content (AvgIpc) is 2.45. The molecular formula is C15H12Cl2N2O. The third-order valence-electron chi connectivity index (χ3n) is 3.44. The van der Waals surface area contributed by atoms with Crippen molar-refractivity contribution in [3.63, 3.8) is 0 Å². The summed E-state index contributed by atoms with van der Waals surface area (Å²) in [6, 6.07) is 13.8. The van der Waals surface area contributed by atoms with Crippen molar-refractivity contribution in [2.24, 2.45) is 5.73 Å². The molecule has 0 radical (unpaired) electrons. The highest BCUT2D eigenvalue weighted by Crippen LogP contribution is 2.38. The summed E-state index contributed by atoms with van der Waals surface area (Å²) in [7, 11) is 0. The van der Waals surface area contributed by atoms with E-state index < -0.39 is 6.04 Å². The maximum absolute atomic E-state index is 12.1. The topological polar surface area (TPSA) is 46.3 Å². The van der Waals surface area contributed by atoms with Crippen molar-refractivity contribution in [1.82, 2.24) is 0 Å². The first-order valence-corrected chi connectivity index (χ1v) is 6.93. The van der Waals surface area contributed by atoms with Gasteiger partial charge in [0, 0.05) is 15.7 Å². The standard InChI is InChI=1S/C15H12Cl2N2O/c16-10-4-6-12(7-5-10)19-14(13(18)15(19)20)9-2-1-3-11(17)8-9/h1-8,13-14H,18H2/t13-,14-/m0/s1. The summed E-state index contributed by atoms with van der Waals surface area (Å²) < 4.78 is 0. The molecule has 1 heterocycles. The van der Waals surface area contributed by atoms with Crippen molar-refractivity contribution < 1.29 is 4.79 Å². The number of halogens is 2. The minimum atomic E-state index is -0.538. The van der Waals surface area contributed by atoms with Crippen molar-refractivity contribution >= 4 is 34.8 Å². The lowest BCUT2D eigenvalue weighted by Crippen LogP contribution is -2.63. The summed E-state index contributed by atoms with van der Waals surface area (Å²) in [5.74, 6) is -0.0997. The van der Waals surface area contributed by atoms with Gasteiger partial charge in [0.2, 0.25) is 5.91 Å². The number of carbonyl (C=O) groups excluding carboxylic acids is 1. The highest BCUT2D eigenvalue weighted by atomic mass is 35.5. The smallest absolute Gasteiger partial charge is 0.247 e. The Balaban J connectivity index is 1.97. The number of hydrogen-bond donors (Lipinski definition) is 1. The summed E-state index contributed by atoms with van der Waals surface area (Å²) >= 11 is 11.9. The lowest BCUT2D eigenvalue weighted by Gasteiger charge is -2.45. The van der Waals surface area contributed by atoms with E-state index in [2.05, 4.69) is 0 Å². The first-order valence-electron chi connectivity index (χ1n) is 6.17. The van der Waals surface area contributed by atoms with Crippen molar-refractivity contribution in [2.45, 2.75) is 12.1 Å². The zero-order valence-corrected chi connectivity index (χ0v) is 12.0. The molecule has 1 amide bonds. The molecule has 1 fully saturated rings. The van der Waals surface area contributed by atoms with Gasteiger partial charge in [-0.1, -0.05) is 35.3 Å². The Hall–Kier alpha value is -1.55. The Bertz CT molecular complexity index is 657. The van der Waals surface area contributed by atoms with Crippen LogP contribution in [-0.2, 0) is 4.79 Å². The Morgan fingerprint density at radius 2 is 1.70 bits per heavy atom. The number of amides is 1. The molecule has 0 aromatic heterocycles. The molecule has 3 nitrogen and oxygen atoms in total. The molecule has 2 atom stereocenters. The largest absolute Gasteiger partial charge is 0.318 e. The molecule has 1 saturated heterocycles. The van der Waals surface area contributed by atoms with Gasteiger partial charge in [0.1, 0.15) is 6.04 Å². The van der Waals surface area contributed by atoms with E-state index >= 15 is 0 Å². The third kappa shape index (κ3) is 2.18. The summed E-state index contributed by atoms with van der Waals surface area (Å²) in [5.41, 5.74) is 7.66. The molecule has 5 heteroatoms. The van der Waals surface area contributed by atoms with Crippen molar-refractivity contribution in [3.8, 4) is 0 Å². The van der Waals surface area contributed by atoms with Gasteiger partial charge in [-0.3, -0.25) is 4.79 Å². The van der Waals surface area contributed by atoms with Gasteiger partial charge in [0.25, 0.3) is 0 Å². The van der Waals surface area contributed by atoms with Gasteiger partial charge in [-0.05, 0) is 42.0 Å². The van der Waals surface area contributed by atoms with E-state index in [1.54, 1.807) is 23.1 Å². The van der Waals surface area contributed by atoms with Gasteiger partial charge in [0.05, 0.1) is 6.04 Å². The minimum absolute atomic E-state index is 0.0997. The zero-order chi connectivity index (χ0) is 14.3. The van der Waals surface area contributed by atoms with Gasteiger partial charge >= 0.3 is 0 Å². The second kappa shape index (κ2) is 5.09. The van der Waals surface area contributed by atoms with E-state index in [1.165, 1.54) is 0 Å². The van der Waals surface area contributed by atoms with E-state index in [9.17, 15) is 4.79 Å². The fourth-order valence-corrected chi connectivity index (χ4v) is 2.77. The van der Waals surface area contributed by atoms with Crippen LogP contribution in [0.3, 0.4) is 0 Å². The van der Waals surface area contributed by atoms with Gasteiger partial charge in [-0.25, -0.2) is 0 Å². The Kier molecular flexibility index (Phi) is 3.42. The van der Waals surface area contributed by atoms with Crippen LogP contribution in [0.25, 0.3) is 0 Å². The number of nitrogens with two attached hydrogens (primary N) is 1. The van der Waals surface area contributed by atoms with Crippen molar-refractivity contribution in [2.75, 3.05) is 4.90 Å². The molecule has 0 aliphatic carbocycles. The lowest BCUT2D eigenvalue weighted by atomic mass is 9.88.